The molecule has 9 nitrogen and oxygen atoms in total. The molecule has 1 heterocycles. The largest absolute Gasteiger partial charge is 0.480 e. The third-order valence-corrected chi connectivity index (χ3v) is 5.99. The number of fused-ring (bicyclic) bond motifs is 3. The van der Waals surface area contributed by atoms with Crippen molar-refractivity contribution in [2.45, 2.75) is 18.4 Å². The number of carbonyl (C=O) groups excluding carboxylic acids is 1. The maximum atomic E-state index is 12.5. The van der Waals surface area contributed by atoms with Crippen molar-refractivity contribution in [1.82, 2.24) is 25.7 Å². The first-order chi connectivity index (χ1) is 17.1. The SMILES string of the molecule is O=C(N[C@@H](Cc1ccc(-c2nncnn2)cc1)C(=O)O)OCC1c2ccccc2-c2ccccc21. The number of hydrogen-bond donors (Lipinski definition) is 2. The number of carboxylic acids is 1. The predicted molar refractivity (Wildman–Crippen MR) is 126 cm³/mol. The number of hydrogen-bond acceptors (Lipinski definition) is 7. The summed E-state index contributed by atoms with van der Waals surface area (Å²) in [5, 5.41) is 27.3. The van der Waals surface area contributed by atoms with E-state index in [2.05, 4.69) is 37.8 Å². The van der Waals surface area contributed by atoms with Gasteiger partial charge >= 0.3 is 12.1 Å². The maximum absolute atomic E-state index is 12.5. The summed E-state index contributed by atoms with van der Waals surface area (Å²) in [7, 11) is 0. The number of amides is 1. The Hall–Kier alpha value is -4.66. The van der Waals surface area contributed by atoms with E-state index in [1.807, 2.05) is 36.4 Å². The topological polar surface area (TPSA) is 127 Å². The number of nitrogens with one attached hydrogen (secondary N) is 1. The van der Waals surface area contributed by atoms with Gasteiger partial charge in [0.25, 0.3) is 0 Å². The number of aromatic nitrogens is 4. The second kappa shape index (κ2) is 9.68. The Bertz CT molecular complexity index is 1320. The van der Waals surface area contributed by atoms with E-state index >= 15 is 0 Å². The molecule has 174 valence electrons. The number of alkyl carbamates (subject to hydrolysis) is 1. The Morgan fingerprint density at radius 1 is 0.886 bits per heavy atom. The van der Waals surface area contributed by atoms with Crippen LogP contribution in [0.4, 0.5) is 4.79 Å². The van der Waals surface area contributed by atoms with Crippen LogP contribution in [0.15, 0.2) is 79.1 Å². The number of ether oxygens (including phenoxy) is 1. The Morgan fingerprint density at radius 3 is 2.09 bits per heavy atom. The average Bonchev–Trinajstić information content (AvgIpc) is 3.21. The standard InChI is InChI=1S/C26H21N5O4/c32-25(33)23(13-16-9-11-17(12-10-16)24-30-27-15-28-31-24)29-26(34)35-14-22-20-7-3-1-5-18(20)19-6-2-4-8-21(19)22/h1-12,15,22-23H,13-14H2,(H,29,34)(H,32,33)/t23-/m0/s1. The van der Waals surface area contributed by atoms with Crippen LogP contribution in [-0.2, 0) is 16.0 Å². The molecular formula is C26H21N5O4. The summed E-state index contributed by atoms with van der Waals surface area (Å²) in [5.74, 6) is -0.888. The fourth-order valence-corrected chi connectivity index (χ4v) is 4.33. The van der Waals surface area contributed by atoms with Gasteiger partial charge in [0.05, 0.1) is 0 Å². The van der Waals surface area contributed by atoms with Crippen molar-refractivity contribution in [3.63, 3.8) is 0 Å². The lowest BCUT2D eigenvalue weighted by Gasteiger charge is -2.17. The van der Waals surface area contributed by atoms with Crippen molar-refractivity contribution in [3.05, 3.63) is 95.8 Å². The molecule has 4 aromatic rings. The van der Waals surface area contributed by atoms with Crippen LogP contribution < -0.4 is 5.32 Å². The fraction of sp³-hybridized carbons (Fsp3) is 0.154. The highest BCUT2D eigenvalue weighted by Gasteiger charge is 2.29. The molecule has 1 aliphatic carbocycles. The van der Waals surface area contributed by atoms with Crippen molar-refractivity contribution < 1.29 is 19.4 Å². The molecule has 1 aliphatic rings. The Balaban J connectivity index is 1.23. The molecule has 35 heavy (non-hydrogen) atoms. The van der Waals surface area contributed by atoms with Gasteiger partial charge in [0.2, 0.25) is 5.82 Å². The molecule has 1 amide bonds. The lowest BCUT2D eigenvalue weighted by molar-refractivity contribution is -0.139. The van der Waals surface area contributed by atoms with Crippen LogP contribution in [-0.4, -0.2) is 50.2 Å². The van der Waals surface area contributed by atoms with Gasteiger partial charge in [-0.2, -0.15) is 0 Å². The summed E-state index contributed by atoms with van der Waals surface area (Å²) in [6.07, 6.45) is 0.557. The molecule has 0 saturated heterocycles. The number of carboxylic acid groups (broad SMARTS) is 1. The van der Waals surface area contributed by atoms with Gasteiger partial charge in [-0.15, -0.1) is 20.4 Å². The van der Waals surface area contributed by atoms with Crippen molar-refractivity contribution in [3.8, 4) is 22.5 Å². The molecule has 3 aromatic carbocycles. The number of carbonyl (C=O) groups is 2. The Kier molecular flexibility index (Phi) is 6.13. The molecule has 5 rings (SSSR count). The molecule has 0 unspecified atom stereocenters. The first-order valence-electron chi connectivity index (χ1n) is 11.0. The molecule has 0 bridgehead atoms. The molecule has 9 heteroatoms. The molecule has 0 saturated carbocycles. The van der Waals surface area contributed by atoms with E-state index in [0.717, 1.165) is 27.8 Å². The summed E-state index contributed by atoms with van der Waals surface area (Å²) in [4.78, 5) is 24.3. The second-order valence-corrected chi connectivity index (χ2v) is 8.13. The van der Waals surface area contributed by atoms with E-state index in [1.165, 1.54) is 6.33 Å². The lowest BCUT2D eigenvalue weighted by atomic mass is 9.98. The summed E-state index contributed by atoms with van der Waals surface area (Å²) in [6.45, 7) is 0.111. The van der Waals surface area contributed by atoms with Crippen LogP contribution in [0.5, 0.6) is 0 Å². The van der Waals surface area contributed by atoms with Crippen LogP contribution in [0.25, 0.3) is 22.5 Å². The minimum absolute atomic E-state index is 0.0892. The average molecular weight is 467 g/mol. The lowest BCUT2D eigenvalue weighted by Crippen LogP contribution is -2.42. The van der Waals surface area contributed by atoms with Crippen LogP contribution in [0.3, 0.4) is 0 Å². The van der Waals surface area contributed by atoms with Crippen LogP contribution in [0, 0.1) is 0 Å². The van der Waals surface area contributed by atoms with Gasteiger partial charge in [0, 0.05) is 17.9 Å². The minimum Gasteiger partial charge on any atom is -0.480 e. The zero-order valence-corrected chi connectivity index (χ0v) is 18.5. The minimum atomic E-state index is -1.15. The molecule has 1 atom stereocenters. The van der Waals surface area contributed by atoms with E-state index < -0.39 is 18.1 Å². The molecule has 0 fully saturated rings. The van der Waals surface area contributed by atoms with Crippen molar-refractivity contribution >= 4 is 12.1 Å². The first kappa shape index (κ1) is 22.1. The summed E-state index contributed by atoms with van der Waals surface area (Å²) in [5.41, 5.74) is 5.84. The summed E-state index contributed by atoms with van der Waals surface area (Å²) < 4.78 is 5.49. The molecule has 1 aromatic heterocycles. The Morgan fingerprint density at radius 2 is 1.49 bits per heavy atom. The van der Waals surface area contributed by atoms with Crippen molar-refractivity contribution in [1.29, 1.82) is 0 Å². The third-order valence-electron chi connectivity index (χ3n) is 5.99. The Labute approximate surface area is 200 Å². The zero-order valence-electron chi connectivity index (χ0n) is 18.5. The highest BCUT2D eigenvalue weighted by atomic mass is 16.5. The van der Waals surface area contributed by atoms with E-state index in [4.69, 9.17) is 4.74 Å². The summed E-state index contributed by atoms with van der Waals surface area (Å²) in [6, 6.07) is 21.9. The molecule has 0 radical (unpaired) electrons. The van der Waals surface area contributed by atoms with Gasteiger partial charge < -0.3 is 15.2 Å². The highest BCUT2D eigenvalue weighted by Crippen LogP contribution is 2.44. The van der Waals surface area contributed by atoms with Gasteiger partial charge in [-0.3, -0.25) is 0 Å². The van der Waals surface area contributed by atoms with Crippen LogP contribution >= 0.6 is 0 Å². The van der Waals surface area contributed by atoms with Crippen LogP contribution in [0.1, 0.15) is 22.6 Å². The number of nitrogens with zero attached hydrogens (tertiary/aromatic N) is 4. The smallest absolute Gasteiger partial charge is 0.407 e. The van der Waals surface area contributed by atoms with Crippen LogP contribution in [0.2, 0.25) is 0 Å². The predicted octanol–water partition coefficient (Wildman–Crippen LogP) is 3.47. The quantitative estimate of drug-likeness (QED) is 0.423. The van der Waals surface area contributed by atoms with Crippen molar-refractivity contribution in [2.75, 3.05) is 6.61 Å². The maximum Gasteiger partial charge on any atom is 0.407 e. The second-order valence-electron chi connectivity index (χ2n) is 8.13. The fourth-order valence-electron chi connectivity index (χ4n) is 4.33. The van der Waals surface area contributed by atoms with Gasteiger partial charge in [-0.1, -0.05) is 72.8 Å². The zero-order chi connectivity index (χ0) is 24.2. The number of aliphatic carboxylic acids is 1. The van der Waals surface area contributed by atoms with Gasteiger partial charge in [-0.05, 0) is 27.8 Å². The molecule has 2 N–H and O–H groups in total. The van der Waals surface area contributed by atoms with Crippen molar-refractivity contribution in [2.24, 2.45) is 0 Å². The highest BCUT2D eigenvalue weighted by molar-refractivity contribution is 5.81. The molecule has 0 spiro atoms. The van der Waals surface area contributed by atoms with Gasteiger partial charge in [-0.25, -0.2) is 9.59 Å². The van der Waals surface area contributed by atoms with E-state index in [1.54, 1.807) is 24.3 Å². The normalized spacial score (nSPS) is 12.9. The summed E-state index contributed by atoms with van der Waals surface area (Å²) >= 11 is 0. The third kappa shape index (κ3) is 4.70. The van der Waals surface area contributed by atoms with Gasteiger partial charge in [0.1, 0.15) is 12.6 Å². The first-order valence-corrected chi connectivity index (χ1v) is 11.0. The molecular weight excluding hydrogens is 446 g/mol. The molecule has 0 aliphatic heterocycles. The number of benzene rings is 3. The van der Waals surface area contributed by atoms with E-state index in [9.17, 15) is 14.7 Å². The van der Waals surface area contributed by atoms with E-state index in [0.29, 0.717) is 11.4 Å². The van der Waals surface area contributed by atoms with Gasteiger partial charge in [0.15, 0.2) is 6.33 Å². The monoisotopic (exact) mass is 467 g/mol. The number of rotatable bonds is 7. The van der Waals surface area contributed by atoms with E-state index in [-0.39, 0.29) is 18.9 Å².